The van der Waals surface area contributed by atoms with Crippen molar-refractivity contribution in [2.75, 3.05) is 18.5 Å². The summed E-state index contributed by atoms with van der Waals surface area (Å²) in [6.45, 7) is 5.44. The van der Waals surface area contributed by atoms with Crippen LogP contribution in [0.25, 0.3) is 0 Å². The van der Waals surface area contributed by atoms with Crippen LogP contribution in [0.15, 0.2) is 18.2 Å². The van der Waals surface area contributed by atoms with Crippen LogP contribution in [0.4, 0.5) is 5.82 Å². The van der Waals surface area contributed by atoms with Crippen LogP contribution in [0.2, 0.25) is 0 Å². The van der Waals surface area contributed by atoms with Crippen molar-refractivity contribution in [2.24, 2.45) is 12.8 Å². The Bertz CT molecular complexity index is 588. The maximum atomic E-state index is 5.71. The second-order valence-corrected chi connectivity index (χ2v) is 5.18. The molecule has 5 heteroatoms. The fraction of sp³-hybridized carbons (Fsp3) is 0.467. The first-order chi connectivity index (χ1) is 9.52. The third-order valence-corrected chi connectivity index (χ3v) is 3.41. The van der Waals surface area contributed by atoms with E-state index in [-0.39, 0.29) is 0 Å². The standard InChI is InChI=1S/C15H23N5/c1-11-6-5-7-13(17-11)10-19(3)15-14(8-9-16)12(2)18-20(15)4/h5-7H,8-10,16H2,1-4H3. The molecule has 0 aliphatic carbocycles. The van der Waals surface area contributed by atoms with E-state index < -0.39 is 0 Å². The maximum absolute atomic E-state index is 5.71. The summed E-state index contributed by atoms with van der Waals surface area (Å²) in [5, 5.41) is 4.51. The van der Waals surface area contributed by atoms with Crippen LogP contribution in [-0.2, 0) is 20.0 Å². The molecule has 0 radical (unpaired) electrons. The van der Waals surface area contributed by atoms with Gasteiger partial charge in [-0.25, -0.2) is 0 Å². The zero-order valence-corrected chi connectivity index (χ0v) is 12.7. The number of hydrogen-bond donors (Lipinski definition) is 1. The summed E-state index contributed by atoms with van der Waals surface area (Å²) in [5.41, 5.74) is 10.1. The van der Waals surface area contributed by atoms with E-state index in [0.717, 1.165) is 35.9 Å². The Labute approximate surface area is 120 Å². The summed E-state index contributed by atoms with van der Waals surface area (Å²) in [6, 6.07) is 6.10. The highest BCUT2D eigenvalue weighted by Gasteiger charge is 2.16. The van der Waals surface area contributed by atoms with Crippen molar-refractivity contribution in [3.8, 4) is 0 Å². The van der Waals surface area contributed by atoms with Crippen LogP contribution < -0.4 is 10.6 Å². The summed E-state index contributed by atoms with van der Waals surface area (Å²) < 4.78 is 1.93. The van der Waals surface area contributed by atoms with Gasteiger partial charge in [-0.2, -0.15) is 5.10 Å². The van der Waals surface area contributed by atoms with E-state index in [1.807, 2.05) is 37.7 Å². The molecule has 2 rings (SSSR count). The number of aromatic nitrogens is 3. The average Bonchev–Trinajstić information content (AvgIpc) is 2.65. The predicted octanol–water partition coefficient (Wildman–Crippen LogP) is 1.57. The molecule has 108 valence electrons. The normalized spacial score (nSPS) is 10.8. The van der Waals surface area contributed by atoms with Crippen molar-refractivity contribution >= 4 is 5.82 Å². The third-order valence-electron chi connectivity index (χ3n) is 3.41. The molecule has 0 spiro atoms. The van der Waals surface area contributed by atoms with Gasteiger partial charge in [0.25, 0.3) is 0 Å². The van der Waals surface area contributed by atoms with Gasteiger partial charge in [0.2, 0.25) is 0 Å². The Balaban J connectivity index is 2.27. The van der Waals surface area contributed by atoms with Crippen LogP contribution in [0.5, 0.6) is 0 Å². The van der Waals surface area contributed by atoms with Crippen LogP contribution in [0.3, 0.4) is 0 Å². The van der Waals surface area contributed by atoms with Crippen molar-refractivity contribution < 1.29 is 0 Å². The zero-order valence-electron chi connectivity index (χ0n) is 12.7. The number of anilines is 1. The van der Waals surface area contributed by atoms with Crippen molar-refractivity contribution in [1.29, 1.82) is 0 Å². The highest BCUT2D eigenvalue weighted by atomic mass is 15.4. The molecule has 0 fully saturated rings. The number of pyridine rings is 1. The van der Waals surface area contributed by atoms with Gasteiger partial charge in [0, 0.05) is 25.4 Å². The first kappa shape index (κ1) is 14.5. The zero-order chi connectivity index (χ0) is 14.7. The van der Waals surface area contributed by atoms with E-state index in [9.17, 15) is 0 Å². The molecule has 0 saturated heterocycles. The molecule has 0 aliphatic heterocycles. The van der Waals surface area contributed by atoms with Gasteiger partial charge >= 0.3 is 0 Å². The van der Waals surface area contributed by atoms with E-state index in [1.165, 1.54) is 5.56 Å². The SMILES string of the molecule is Cc1cccc(CN(C)c2c(CCN)c(C)nn2C)n1. The summed E-state index contributed by atoms with van der Waals surface area (Å²) in [5.74, 6) is 1.12. The van der Waals surface area contributed by atoms with Gasteiger partial charge in [0.15, 0.2) is 0 Å². The molecule has 2 heterocycles. The van der Waals surface area contributed by atoms with Gasteiger partial charge in [-0.15, -0.1) is 0 Å². The molecule has 2 N–H and O–H groups in total. The summed E-state index contributed by atoms with van der Waals surface area (Å²) in [7, 11) is 4.04. The van der Waals surface area contributed by atoms with Gasteiger partial charge in [-0.3, -0.25) is 9.67 Å². The number of hydrogen-bond acceptors (Lipinski definition) is 4. The average molecular weight is 273 g/mol. The van der Waals surface area contributed by atoms with Crippen molar-refractivity contribution in [3.63, 3.8) is 0 Å². The smallest absolute Gasteiger partial charge is 0.130 e. The Morgan fingerprint density at radius 2 is 2.05 bits per heavy atom. The number of nitrogens with two attached hydrogens (primary N) is 1. The minimum absolute atomic E-state index is 0.635. The molecule has 2 aromatic rings. The molecule has 0 saturated carbocycles. The van der Waals surface area contributed by atoms with Gasteiger partial charge in [0.05, 0.1) is 17.9 Å². The van der Waals surface area contributed by atoms with E-state index in [1.54, 1.807) is 0 Å². The van der Waals surface area contributed by atoms with Gasteiger partial charge in [-0.05, 0) is 38.9 Å². The summed E-state index contributed by atoms with van der Waals surface area (Å²) in [6.07, 6.45) is 0.848. The van der Waals surface area contributed by atoms with Crippen LogP contribution in [0, 0.1) is 13.8 Å². The topological polar surface area (TPSA) is 60.0 Å². The Morgan fingerprint density at radius 1 is 1.30 bits per heavy atom. The lowest BCUT2D eigenvalue weighted by atomic mass is 10.1. The fourth-order valence-electron chi connectivity index (χ4n) is 2.61. The van der Waals surface area contributed by atoms with Gasteiger partial charge in [0.1, 0.15) is 5.82 Å². The second-order valence-electron chi connectivity index (χ2n) is 5.18. The molecule has 5 nitrogen and oxygen atoms in total. The van der Waals surface area contributed by atoms with E-state index in [4.69, 9.17) is 5.73 Å². The van der Waals surface area contributed by atoms with Crippen LogP contribution in [-0.4, -0.2) is 28.4 Å². The quantitative estimate of drug-likeness (QED) is 0.898. The minimum Gasteiger partial charge on any atom is -0.354 e. The molecule has 0 aromatic carbocycles. The largest absolute Gasteiger partial charge is 0.354 e. The lowest BCUT2D eigenvalue weighted by Crippen LogP contribution is -2.22. The van der Waals surface area contributed by atoms with Gasteiger partial charge in [-0.1, -0.05) is 6.07 Å². The van der Waals surface area contributed by atoms with E-state index >= 15 is 0 Å². The third kappa shape index (κ3) is 2.99. The number of aryl methyl sites for hydroxylation is 3. The Hall–Kier alpha value is -1.88. The Morgan fingerprint density at radius 3 is 2.70 bits per heavy atom. The van der Waals surface area contributed by atoms with Crippen LogP contribution in [0.1, 0.15) is 22.6 Å². The van der Waals surface area contributed by atoms with Crippen molar-refractivity contribution in [2.45, 2.75) is 26.8 Å². The monoisotopic (exact) mass is 273 g/mol. The molecule has 0 bridgehead atoms. The molecule has 2 aromatic heterocycles. The molecule has 0 atom stereocenters. The lowest BCUT2D eigenvalue weighted by molar-refractivity contribution is 0.721. The Kier molecular flexibility index (Phi) is 4.39. The molecular weight excluding hydrogens is 250 g/mol. The maximum Gasteiger partial charge on any atom is 0.130 e. The number of nitrogens with zero attached hydrogens (tertiary/aromatic N) is 4. The minimum atomic E-state index is 0.635. The summed E-state index contributed by atoms with van der Waals surface area (Å²) >= 11 is 0. The fourth-order valence-corrected chi connectivity index (χ4v) is 2.61. The highest BCUT2D eigenvalue weighted by Crippen LogP contribution is 2.23. The predicted molar refractivity (Wildman–Crippen MR) is 81.8 cm³/mol. The summed E-state index contributed by atoms with van der Waals surface area (Å²) in [4.78, 5) is 6.74. The van der Waals surface area contributed by atoms with E-state index in [0.29, 0.717) is 6.54 Å². The first-order valence-electron chi connectivity index (χ1n) is 6.89. The molecule has 0 amide bonds. The lowest BCUT2D eigenvalue weighted by Gasteiger charge is -2.21. The van der Waals surface area contributed by atoms with Crippen molar-refractivity contribution in [1.82, 2.24) is 14.8 Å². The molecule has 20 heavy (non-hydrogen) atoms. The first-order valence-corrected chi connectivity index (χ1v) is 6.89. The number of rotatable bonds is 5. The molecular formula is C15H23N5. The molecule has 0 unspecified atom stereocenters. The molecule has 0 aliphatic rings. The highest BCUT2D eigenvalue weighted by molar-refractivity contribution is 5.50. The van der Waals surface area contributed by atoms with Gasteiger partial charge < -0.3 is 10.6 Å². The van der Waals surface area contributed by atoms with E-state index in [2.05, 4.69) is 28.1 Å². The van der Waals surface area contributed by atoms with Crippen molar-refractivity contribution in [3.05, 3.63) is 40.8 Å². The van der Waals surface area contributed by atoms with Crippen LogP contribution >= 0.6 is 0 Å². The second kappa shape index (κ2) is 6.05.